The molecule has 7 nitrogen and oxygen atoms in total. The van der Waals surface area contributed by atoms with E-state index in [-0.39, 0.29) is 0 Å². The first-order valence-electron chi connectivity index (χ1n) is 6.88. The summed E-state index contributed by atoms with van der Waals surface area (Å²) in [4.78, 5) is 35.6. The van der Waals surface area contributed by atoms with Crippen molar-refractivity contribution in [2.45, 2.75) is 6.92 Å². The third-order valence-electron chi connectivity index (χ3n) is 3.02. The van der Waals surface area contributed by atoms with Crippen molar-refractivity contribution in [1.82, 2.24) is 5.43 Å². The zero-order chi connectivity index (χ0) is 17.5. The molecule has 2 N–H and O–H groups in total. The Bertz CT molecular complexity index is 781. The second-order valence-electron chi connectivity index (χ2n) is 4.69. The number of ether oxygens (including phenoxy) is 1. The number of rotatable bonds is 4. The van der Waals surface area contributed by atoms with Crippen LogP contribution in [0, 0.1) is 6.92 Å². The van der Waals surface area contributed by atoms with Gasteiger partial charge in [-0.2, -0.15) is 5.10 Å². The van der Waals surface area contributed by atoms with Crippen LogP contribution in [-0.4, -0.2) is 31.1 Å². The van der Waals surface area contributed by atoms with E-state index in [2.05, 4.69) is 20.6 Å². The molecule has 2 rings (SSSR count). The zero-order valence-electron chi connectivity index (χ0n) is 13.0. The van der Waals surface area contributed by atoms with Crippen LogP contribution in [0.3, 0.4) is 0 Å². The lowest BCUT2D eigenvalue weighted by Gasteiger charge is -2.05. The summed E-state index contributed by atoms with van der Waals surface area (Å²) in [7, 11) is 1.28. The Morgan fingerprint density at radius 2 is 1.83 bits per heavy atom. The molecule has 0 saturated heterocycles. The Morgan fingerprint density at radius 3 is 2.42 bits per heavy atom. The maximum absolute atomic E-state index is 11.8. The lowest BCUT2D eigenvalue weighted by atomic mass is 10.2. The van der Waals surface area contributed by atoms with Gasteiger partial charge in [0.05, 0.1) is 18.9 Å². The van der Waals surface area contributed by atoms with Gasteiger partial charge in [0, 0.05) is 10.6 Å². The summed E-state index contributed by atoms with van der Waals surface area (Å²) in [6.07, 6.45) is 1.48. The maximum Gasteiger partial charge on any atom is 0.337 e. The first-order valence-corrected chi connectivity index (χ1v) is 7.76. The number of carbonyl (C=O) groups is 3. The van der Waals surface area contributed by atoms with Gasteiger partial charge in [0.2, 0.25) is 0 Å². The number of methoxy groups -OCH3 is 1. The smallest absolute Gasteiger partial charge is 0.337 e. The molecule has 24 heavy (non-hydrogen) atoms. The quantitative estimate of drug-likeness (QED) is 0.383. The molecular formula is C16H15N3O4S. The molecule has 1 heterocycles. The average Bonchev–Trinajstić information content (AvgIpc) is 2.99. The molecule has 1 aromatic heterocycles. The van der Waals surface area contributed by atoms with Gasteiger partial charge in [-0.25, -0.2) is 10.2 Å². The number of hydrazone groups is 1. The van der Waals surface area contributed by atoms with Gasteiger partial charge in [-0.3, -0.25) is 9.59 Å². The van der Waals surface area contributed by atoms with E-state index >= 15 is 0 Å². The highest BCUT2D eigenvalue weighted by molar-refractivity contribution is 7.11. The number of hydrogen-bond donors (Lipinski definition) is 2. The van der Waals surface area contributed by atoms with Gasteiger partial charge >= 0.3 is 17.8 Å². The maximum atomic E-state index is 11.8. The minimum atomic E-state index is -0.891. The van der Waals surface area contributed by atoms with Gasteiger partial charge in [-0.05, 0) is 48.2 Å². The van der Waals surface area contributed by atoms with Gasteiger partial charge in [-0.1, -0.05) is 0 Å². The van der Waals surface area contributed by atoms with Gasteiger partial charge in [0.1, 0.15) is 0 Å². The fourth-order valence-electron chi connectivity index (χ4n) is 1.71. The summed E-state index contributed by atoms with van der Waals surface area (Å²) in [5.74, 6) is -2.23. The number of benzene rings is 1. The predicted molar refractivity (Wildman–Crippen MR) is 91.2 cm³/mol. The molecule has 1 aromatic carbocycles. The van der Waals surface area contributed by atoms with E-state index in [0.29, 0.717) is 11.3 Å². The number of aryl methyl sites for hydroxylation is 1. The highest BCUT2D eigenvalue weighted by Gasteiger charge is 2.13. The van der Waals surface area contributed by atoms with E-state index in [4.69, 9.17) is 0 Å². The number of hydrogen-bond acceptors (Lipinski definition) is 6. The Balaban J connectivity index is 1.89. The van der Waals surface area contributed by atoms with E-state index in [1.807, 2.05) is 18.4 Å². The number of esters is 1. The fourth-order valence-corrected chi connectivity index (χ4v) is 2.50. The van der Waals surface area contributed by atoms with Crippen molar-refractivity contribution in [2.24, 2.45) is 5.10 Å². The highest BCUT2D eigenvalue weighted by atomic mass is 32.1. The largest absolute Gasteiger partial charge is 0.465 e. The fraction of sp³-hybridized carbons (Fsp3) is 0.125. The molecule has 8 heteroatoms. The van der Waals surface area contributed by atoms with Gasteiger partial charge < -0.3 is 10.1 Å². The van der Waals surface area contributed by atoms with Gasteiger partial charge in [0.15, 0.2) is 0 Å². The van der Waals surface area contributed by atoms with Crippen LogP contribution >= 0.6 is 11.3 Å². The Labute approximate surface area is 142 Å². The van der Waals surface area contributed by atoms with Crippen molar-refractivity contribution in [1.29, 1.82) is 0 Å². The van der Waals surface area contributed by atoms with Crippen molar-refractivity contribution in [3.63, 3.8) is 0 Å². The molecule has 0 atom stereocenters. The molecule has 0 aliphatic carbocycles. The van der Waals surface area contributed by atoms with Crippen LogP contribution in [0.2, 0.25) is 0 Å². The summed E-state index contributed by atoms with van der Waals surface area (Å²) in [5, 5.41) is 8.06. The number of carbonyl (C=O) groups excluding carboxylic acids is 3. The SMILES string of the molecule is COC(=O)c1ccc(NC(=O)C(=O)N/N=C\c2sccc2C)cc1. The van der Waals surface area contributed by atoms with Crippen LogP contribution in [0.15, 0.2) is 40.8 Å². The molecule has 2 amide bonds. The molecule has 0 aliphatic rings. The summed E-state index contributed by atoms with van der Waals surface area (Å²) in [6.45, 7) is 1.92. The number of nitrogens with one attached hydrogen (secondary N) is 2. The molecule has 0 bridgehead atoms. The molecule has 0 unspecified atom stereocenters. The topological polar surface area (TPSA) is 96.9 Å². The Kier molecular flexibility index (Phi) is 5.80. The number of amides is 2. The van der Waals surface area contributed by atoms with Crippen molar-refractivity contribution in [3.8, 4) is 0 Å². The first kappa shape index (κ1) is 17.4. The summed E-state index contributed by atoms with van der Waals surface area (Å²) in [5.41, 5.74) is 3.91. The lowest BCUT2D eigenvalue weighted by molar-refractivity contribution is -0.136. The standard InChI is InChI=1S/C16H15N3O4S/c1-10-7-8-24-13(10)9-17-19-15(21)14(20)18-12-5-3-11(4-6-12)16(22)23-2/h3-9H,1-2H3,(H,18,20)(H,19,21)/b17-9-. The molecule has 0 fully saturated rings. The molecule has 0 radical (unpaired) electrons. The van der Waals surface area contributed by atoms with Crippen LogP contribution in [-0.2, 0) is 14.3 Å². The molecule has 0 spiro atoms. The van der Waals surface area contributed by atoms with Crippen LogP contribution in [0.25, 0.3) is 0 Å². The minimum absolute atomic E-state index is 0.343. The van der Waals surface area contributed by atoms with Crippen LogP contribution in [0.1, 0.15) is 20.8 Å². The number of anilines is 1. The van der Waals surface area contributed by atoms with Gasteiger partial charge in [0.25, 0.3) is 0 Å². The minimum Gasteiger partial charge on any atom is -0.465 e. The third-order valence-corrected chi connectivity index (χ3v) is 3.97. The van der Waals surface area contributed by atoms with E-state index in [0.717, 1.165) is 10.4 Å². The molecular weight excluding hydrogens is 330 g/mol. The predicted octanol–water partition coefficient (Wildman–Crippen LogP) is 1.93. The Hall–Kier alpha value is -3.00. The van der Waals surface area contributed by atoms with Crippen LogP contribution in [0.4, 0.5) is 5.69 Å². The second-order valence-corrected chi connectivity index (χ2v) is 5.64. The highest BCUT2D eigenvalue weighted by Crippen LogP contribution is 2.12. The van der Waals surface area contributed by atoms with Gasteiger partial charge in [-0.15, -0.1) is 11.3 Å². The normalized spacial score (nSPS) is 10.4. The van der Waals surface area contributed by atoms with Crippen molar-refractivity contribution < 1.29 is 19.1 Å². The monoisotopic (exact) mass is 345 g/mol. The van der Waals surface area contributed by atoms with Crippen molar-refractivity contribution in [3.05, 3.63) is 51.7 Å². The number of thiophene rings is 1. The summed E-state index contributed by atoms with van der Waals surface area (Å²) < 4.78 is 4.57. The van der Waals surface area contributed by atoms with E-state index < -0.39 is 17.8 Å². The summed E-state index contributed by atoms with van der Waals surface area (Å²) >= 11 is 1.48. The third kappa shape index (κ3) is 4.50. The van der Waals surface area contributed by atoms with Crippen molar-refractivity contribution >= 4 is 41.0 Å². The zero-order valence-corrected chi connectivity index (χ0v) is 13.8. The van der Waals surface area contributed by atoms with E-state index in [1.54, 1.807) is 0 Å². The molecule has 0 saturated carbocycles. The number of nitrogens with zero attached hydrogens (tertiary/aromatic N) is 1. The van der Waals surface area contributed by atoms with E-state index in [1.165, 1.54) is 48.9 Å². The second kappa shape index (κ2) is 8.02. The van der Waals surface area contributed by atoms with Crippen molar-refractivity contribution in [2.75, 3.05) is 12.4 Å². The average molecular weight is 345 g/mol. The lowest BCUT2D eigenvalue weighted by Crippen LogP contribution is -2.32. The first-order chi connectivity index (χ1) is 11.5. The molecule has 2 aromatic rings. The van der Waals surface area contributed by atoms with E-state index in [9.17, 15) is 14.4 Å². The molecule has 124 valence electrons. The van der Waals surface area contributed by atoms with Crippen LogP contribution < -0.4 is 10.7 Å². The van der Waals surface area contributed by atoms with Crippen LogP contribution in [0.5, 0.6) is 0 Å². The Morgan fingerprint density at radius 1 is 1.12 bits per heavy atom. The summed E-state index contributed by atoms with van der Waals surface area (Å²) in [6, 6.07) is 7.89. The molecule has 0 aliphatic heterocycles.